The smallest absolute Gasteiger partial charge is 0.315 e. The van der Waals surface area contributed by atoms with Crippen LogP contribution < -0.4 is 16.0 Å². The fraction of sp³-hybridized carbons (Fsp3) is 0.556. The third-order valence-electron chi connectivity index (χ3n) is 4.17. The standard InChI is InChI=1S/C18H28N4O2/c1-14(2)16(17(23)22-11-6-9-19-10-12-22)21-18(24)20-13-15-7-4-3-5-8-15/h3-5,7-8,14,16,19H,6,9-13H2,1-2H3,(H2,20,21,24). The minimum atomic E-state index is -0.501. The molecule has 132 valence electrons. The summed E-state index contributed by atoms with van der Waals surface area (Å²) in [6.07, 6.45) is 0.941. The first-order valence-electron chi connectivity index (χ1n) is 8.65. The molecule has 24 heavy (non-hydrogen) atoms. The molecule has 1 saturated heterocycles. The summed E-state index contributed by atoms with van der Waals surface area (Å²) in [5.41, 5.74) is 1.03. The molecule has 0 radical (unpaired) electrons. The minimum absolute atomic E-state index is 0.00330. The third kappa shape index (κ3) is 5.53. The first-order valence-corrected chi connectivity index (χ1v) is 8.65. The van der Waals surface area contributed by atoms with Crippen molar-refractivity contribution in [1.82, 2.24) is 20.9 Å². The molecule has 6 nitrogen and oxygen atoms in total. The molecule has 3 amide bonds. The molecule has 6 heteroatoms. The second-order valence-electron chi connectivity index (χ2n) is 6.46. The monoisotopic (exact) mass is 332 g/mol. The number of urea groups is 1. The summed E-state index contributed by atoms with van der Waals surface area (Å²) in [5.74, 6) is 0.0414. The lowest BCUT2D eigenvalue weighted by molar-refractivity contribution is -0.134. The van der Waals surface area contributed by atoms with E-state index in [2.05, 4.69) is 16.0 Å². The third-order valence-corrected chi connectivity index (χ3v) is 4.17. The predicted molar refractivity (Wildman–Crippen MR) is 94.5 cm³/mol. The molecule has 0 aliphatic carbocycles. The van der Waals surface area contributed by atoms with Gasteiger partial charge in [-0.25, -0.2) is 4.79 Å². The lowest BCUT2D eigenvalue weighted by Crippen LogP contribution is -2.54. The van der Waals surface area contributed by atoms with Crippen LogP contribution in [0.3, 0.4) is 0 Å². The van der Waals surface area contributed by atoms with Gasteiger partial charge in [0.25, 0.3) is 0 Å². The van der Waals surface area contributed by atoms with Crippen molar-refractivity contribution in [3.8, 4) is 0 Å². The summed E-state index contributed by atoms with van der Waals surface area (Å²) < 4.78 is 0. The molecule has 2 rings (SSSR count). The van der Waals surface area contributed by atoms with E-state index in [4.69, 9.17) is 0 Å². The molecule has 3 N–H and O–H groups in total. The van der Waals surface area contributed by atoms with Crippen molar-refractivity contribution < 1.29 is 9.59 Å². The molecular formula is C18H28N4O2. The van der Waals surface area contributed by atoms with Gasteiger partial charge >= 0.3 is 6.03 Å². The number of hydrogen-bond donors (Lipinski definition) is 3. The summed E-state index contributed by atoms with van der Waals surface area (Å²) in [6.45, 7) is 7.52. The largest absolute Gasteiger partial charge is 0.340 e. The van der Waals surface area contributed by atoms with Crippen LogP contribution in [0.1, 0.15) is 25.8 Å². The molecule has 1 aliphatic rings. The lowest BCUT2D eigenvalue weighted by Gasteiger charge is -2.28. The van der Waals surface area contributed by atoms with Crippen molar-refractivity contribution in [2.45, 2.75) is 32.9 Å². The van der Waals surface area contributed by atoms with Crippen LogP contribution in [0.4, 0.5) is 4.79 Å². The molecule has 0 spiro atoms. The highest BCUT2D eigenvalue weighted by Crippen LogP contribution is 2.08. The summed E-state index contributed by atoms with van der Waals surface area (Å²) in [7, 11) is 0. The van der Waals surface area contributed by atoms with Crippen LogP contribution in [0.15, 0.2) is 30.3 Å². The van der Waals surface area contributed by atoms with Gasteiger partial charge in [0.1, 0.15) is 6.04 Å². The maximum atomic E-state index is 12.8. The SMILES string of the molecule is CC(C)C(NC(=O)NCc1ccccc1)C(=O)N1CCCNCC1. The van der Waals surface area contributed by atoms with Gasteiger partial charge in [-0.05, 0) is 24.4 Å². The van der Waals surface area contributed by atoms with E-state index in [9.17, 15) is 9.59 Å². The normalized spacial score (nSPS) is 16.4. The topological polar surface area (TPSA) is 73.5 Å². The number of amides is 3. The first kappa shape index (κ1) is 18.3. The Kier molecular flexibility index (Phi) is 7.06. The Morgan fingerprint density at radius 3 is 2.62 bits per heavy atom. The first-order chi connectivity index (χ1) is 11.6. The zero-order valence-electron chi connectivity index (χ0n) is 14.5. The van der Waals surface area contributed by atoms with Crippen molar-refractivity contribution >= 4 is 11.9 Å². The highest BCUT2D eigenvalue weighted by Gasteiger charge is 2.28. The maximum Gasteiger partial charge on any atom is 0.315 e. The lowest BCUT2D eigenvalue weighted by atomic mass is 10.0. The van der Waals surface area contributed by atoms with Gasteiger partial charge in [0.05, 0.1) is 0 Å². The Hall–Kier alpha value is -2.08. The van der Waals surface area contributed by atoms with Gasteiger partial charge in [0.2, 0.25) is 5.91 Å². The Bertz CT molecular complexity index is 525. The van der Waals surface area contributed by atoms with E-state index < -0.39 is 6.04 Å². The fourth-order valence-corrected chi connectivity index (χ4v) is 2.75. The van der Waals surface area contributed by atoms with Gasteiger partial charge < -0.3 is 20.9 Å². The van der Waals surface area contributed by atoms with Crippen LogP contribution in [0, 0.1) is 5.92 Å². The Morgan fingerprint density at radius 1 is 1.17 bits per heavy atom. The van der Waals surface area contributed by atoms with E-state index in [-0.39, 0.29) is 17.9 Å². The van der Waals surface area contributed by atoms with Gasteiger partial charge in [0.15, 0.2) is 0 Å². The molecule has 0 saturated carbocycles. The zero-order chi connectivity index (χ0) is 17.4. The van der Waals surface area contributed by atoms with Crippen LogP contribution >= 0.6 is 0 Å². The molecular weight excluding hydrogens is 304 g/mol. The molecule has 0 bridgehead atoms. The van der Waals surface area contributed by atoms with Crippen LogP contribution in [0.2, 0.25) is 0 Å². The fourth-order valence-electron chi connectivity index (χ4n) is 2.75. The van der Waals surface area contributed by atoms with Crippen LogP contribution in [-0.2, 0) is 11.3 Å². The highest BCUT2D eigenvalue weighted by atomic mass is 16.2. The van der Waals surface area contributed by atoms with E-state index >= 15 is 0 Å². The van der Waals surface area contributed by atoms with Gasteiger partial charge in [-0.2, -0.15) is 0 Å². The molecule has 1 unspecified atom stereocenters. The maximum absolute atomic E-state index is 12.8. The summed E-state index contributed by atoms with van der Waals surface area (Å²) in [5, 5.41) is 8.95. The number of benzene rings is 1. The summed E-state index contributed by atoms with van der Waals surface area (Å²) >= 11 is 0. The molecule has 1 aromatic rings. The van der Waals surface area contributed by atoms with Gasteiger partial charge in [-0.1, -0.05) is 44.2 Å². The molecule has 0 aromatic heterocycles. The highest BCUT2D eigenvalue weighted by molar-refractivity contribution is 5.87. The van der Waals surface area contributed by atoms with Crippen LogP contribution in [0.5, 0.6) is 0 Å². The van der Waals surface area contributed by atoms with E-state index in [1.165, 1.54) is 0 Å². The van der Waals surface area contributed by atoms with Crippen molar-refractivity contribution in [2.24, 2.45) is 5.92 Å². The van der Waals surface area contributed by atoms with Crippen molar-refractivity contribution in [1.29, 1.82) is 0 Å². The number of rotatable bonds is 5. The summed E-state index contributed by atoms with van der Waals surface area (Å²) in [4.78, 5) is 26.8. The second kappa shape index (κ2) is 9.27. The van der Waals surface area contributed by atoms with Gasteiger partial charge in [-0.15, -0.1) is 0 Å². The Labute approximate surface area is 144 Å². The summed E-state index contributed by atoms with van der Waals surface area (Å²) in [6, 6.07) is 8.90. The average molecular weight is 332 g/mol. The average Bonchev–Trinajstić information content (AvgIpc) is 2.87. The van der Waals surface area contributed by atoms with Crippen LogP contribution in [-0.4, -0.2) is 49.1 Å². The van der Waals surface area contributed by atoms with Crippen molar-refractivity contribution in [2.75, 3.05) is 26.2 Å². The Morgan fingerprint density at radius 2 is 1.92 bits per heavy atom. The van der Waals surface area contributed by atoms with E-state index in [1.54, 1.807) is 0 Å². The molecule has 1 aromatic carbocycles. The van der Waals surface area contributed by atoms with Crippen molar-refractivity contribution in [3.05, 3.63) is 35.9 Å². The van der Waals surface area contributed by atoms with E-state index in [0.717, 1.165) is 31.6 Å². The van der Waals surface area contributed by atoms with E-state index in [0.29, 0.717) is 13.1 Å². The molecule has 1 aliphatic heterocycles. The molecule has 1 atom stereocenters. The van der Waals surface area contributed by atoms with Gasteiger partial charge in [-0.3, -0.25) is 4.79 Å². The van der Waals surface area contributed by atoms with Crippen LogP contribution in [0.25, 0.3) is 0 Å². The van der Waals surface area contributed by atoms with Gasteiger partial charge in [0, 0.05) is 26.2 Å². The number of nitrogens with one attached hydrogen (secondary N) is 3. The predicted octanol–water partition coefficient (Wildman–Crippen LogP) is 1.33. The molecule has 1 fully saturated rings. The zero-order valence-corrected chi connectivity index (χ0v) is 14.5. The van der Waals surface area contributed by atoms with E-state index in [1.807, 2.05) is 49.1 Å². The quantitative estimate of drug-likeness (QED) is 0.762. The number of carbonyl (C=O) groups excluding carboxylic acids is 2. The Balaban J connectivity index is 1.89. The number of nitrogens with zero attached hydrogens (tertiary/aromatic N) is 1. The molecule has 1 heterocycles. The minimum Gasteiger partial charge on any atom is -0.340 e. The van der Waals surface area contributed by atoms with Crippen molar-refractivity contribution in [3.63, 3.8) is 0 Å². The number of carbonyl (C=O) groups is 2. The number of hydrogen-bond acceptors (Lipinski definition) is 3. The second-order valence-corrected chi connectivity index (χ2v) is 6.46.